The Kier molecular flexibility index (Phi) is 4.32. The van der Waals surface area contributed by atoms with Crippen molar-refractivity contribution < 1.29 is 14.2 Å². The maximum Gasteiger partial charge on any atom is 0.166 e. The van der Waals surface area contributed by atoms with Gasteiger partial charge in [0.25, 0.3) is 0 Å². The molecule has 1 fully saturated rings. The maximum atomic E-state index is 6.52. The van der Waals surface area contributed by atoms with E-state index in [9.17, 15) is 0 Å². The minimum absolute atomic E-state index is 0.234. The molecule has 4 heteroatoms. The van der Waals surface area contributed by atoms with Crippen molar-refractivity contribution in [2.24, 2.45) is 5.73 Å². The van der Waals surface area contributed by atoms with Crippen molar-refractivity contribution >= 4 is 0 Å². The predicted molar refractivity (Wildman–Crippen MR) is 74.6 cm³/mol. The van der Waals surface area contributed by atoms with Crippen LogP contribution >= 0.6 is 0 Å². The number of ether oxygens (including phenoxy) is 3. The van der Waals surface area contributed by atoms with Gasteiger partial charge < -0.3 is 19.9 Å². The van der Waals surface area contributed by atoms with Gasteiger partial charge in [-0.3, -0.25) is 0 Å². The molecule has 0 bridgehead atoms. The van der Waals surface area contributed by atoms with Gasteiger partial charge in [-0.15, -0.1) is 0 Å². The SMILES string of the molecule is COCc1cc(C2(N)CCCC2)cc(OC)c1OC. The van der Waals surface area contributed by atoms with E-state index < -0.39 is 0 Å². The van der Waals surface area contributed by atoms with Crippen molar-refractivity contribution in [2.75, 3.05) is 21.3 Å². The van der Waals surface area contributed by atoms with Crippen LogP contribution in [0.2, 0.25) is 0 Å². The molecule has 0 atom stereocenters. The average Bonchev–Trinajstić information content (AvgIpc) is 2.86. The van der Waals surface area contributed by atoms with Crippen LogP contribution in [-0.4, -0.2) is 21.3 Å². The van der Waals surface area contributed by atoms with Crippen molar-refractivity contribution in [3.63, 3.8) is 0 Å². The molecule has 0 aromatic heterocycles. The van der Waals surface area contributed by atoms with Crippen LogP contribution < -0.4 is 15.2 Å². The zero-order valence-corrected chi connectivity index (χ0v) is 12.0. The van der Waals surface area contributed by atoms with E-state index in [2.05, 4.69) is 6.07 Å². The van der Waals surface area contributed by atoms with Gasteiger partial charge in [0.05, 0.1) is 20.8 Å². The normalized spacial score (nSPS) is 17.5. The molecule has 0 radical (unpaired) electrons. The van der Waals surface area contributed by atoms with E-state index in [1.165, 1.54) is 12.8 Å². The molecule has 0 aliphatic heterocycles. The summed E-state index contributed by atoms with van der Waals surface area (Å²) >= 11 is 0. The second kappa shape index (κ2) is 5.80. The Morgan fingerprint density at radius 3 is 2.32 bits per heavy atom. The summed E-state index contributed by atoms with van der Waals surface area (Å²) in [6, 6.07) is 4.10. The summed E-state index contributed by atoms with van der Waals surface area (Å²) in [7, 11) is 4.97. The summed E-state index contributed by atoms with van der Waals surface area (Å²) in [6.45, 7) is 0.490. The molecule has 2 N–H and O–H groups in total. The van der Waals surface area contributed by atoms with E-state index in [1.807, 2.05) is 6.07 Å². The topological polar surface area (TPSA) is 53.7 Å². The third-order valence-electron chi connectivity index (χ3n) is 3.93. The van der Waals surface area contributed by atoms with Crippen molar-refractivity contribution in [1.29, 1.82) is 0 Å². The van der Waals surface area contributed by atoms with Crippen LogP contribution in [0.25, 0.3) is 0 Å². The number of hydrogen-bond acceptors (Lipinski definition) is 4. The maximum absolute atomic E-state index is 6.52. The molecule has 0 amide bonds. The minimum atomic E-state index is -0.234. The molecule has 0 spiro atoms. The Hall–Kier alpha value is -1.26. The lowest BCUT2D eigenvalue weighted by atomic mass is 9.88. The highest BCUT2D eigenvalue weighted by atomic mass is 16.5. The van der Waals surface area contributed by atoms with Crippen molar-refractivity contribution in [2.45, 2.75) is 37.8 Å². The predicted octanol–water partition coefficient (Wildman–Crippen LogP) is 2.58. The van der Waals surface area contributed by atoms with Gasteiger partial charge in [-0.2, -0.15) is 0 Å². The molecular formula is C15H23NO3. The van der Waals surface area contributed by atoms with E-state index in [0.29, 0.717) is 6.61 Å². The number of methoxy groups -OCH3 is 3. The molecule has 1 aliphatic carbocycles. The highest BCUT2D eigenvalue weighted by Crippen LogP contribution is 2.41. The number of hydrogen-bond donors (Lipinski definition) is 1. The van der Waals surface area contributed by atoms with E-state index in [0.717, 1.165) is 35.5 Å². The Morgan fingerprint density at radius 2 is 1.79 bits per heavy atom. The van der Waals surface area contributed by atoms with Gasteiger partial charge in [0, 0.05) is 18.2 Å². The lowest BCUT2D eigenvalue weighted by molar-refractivity contribution is 0.180. The van der Waals surface area contributed by atoms with Crippen LogP contribution in [-0.2, 0) is 16.9 Å². The summed E-state index contributed by atoms with van der Waals surface area (Å²) < 4.78 is 16.1. The molecule has 1 aromatic rings. The molecule has 2 rings (SSSR count). The zero-order chi connectivity index (χ0) is 13.9. The summed E-state index contributed by atoms with van der Waals surface area (Å²) in [6.07, 6.45) is 4.42. The fourth-order valence-corrected chi connectivity index (χ4v) is 2.89. The van der Waals surface area contributed by atoms with Gasteiger partial charge in [0.15, 0.2) is 11.5 Å². The first-order valence-corrected chi connectivity index (χ1v) is 6.68. The van der Waals surface area contributed by atoms with E-state index >= 15 is 0 Å². The largest absolute Gasteiger partial charge is 0.493 e. The van der Waals surface area contributed by atoms with Gasteiger partial charge in [-0.05, 0) is 30.5 Å². The van der Waals surface area contributed by atoms with Gasteiger partial charge in [-0.1, -0.05) is 12.8 Å². The summed E-state index contributed by atoms with van der Waals surface area (Å²) in [5.41, 5.74) is 8.39. The second-order valence-corrected chi connectivity index (χ2v) is 5.17. The molecule has 0 unspecified atom stereocenters. The zero-order valence-electron chi connectivity index (χ0n) is 12.0. The summed E-state index contributed by atoms with van der Waals surface area (Å²) in [5, 5.41) is 0. The van der Waals surface area contributed by atoms with E-state index in [-0.39, 0.29) is 5.54 Å². The van der Waals surface area contributed by atoms with Crippen LogP contribution in [0, 0.1) is 0 Å². The Labute approximate surface area is 114 Å². The van der Waals surface area contributed by atoms with E-state index in [4.69, 9.17) is 19.9 Å². The quantitative estimate of drug-likeness (QED) is 0.889. The van der Waals surface area contributed by atoms with Gasteiger partial charge in [0.1, 0.15) is 0 Å². The number of nitrogens with two attached hydrogens (primary N) is 1. The first-order chi connectivity index (χ1) is 9.14. The van der Waals surface area contributed by atoms with Crippen LogP contribution in [0.15, 0.2) is 12.1 Å². The van der Waals surface area contributed by atoms with Crippen molar-refractivity contribution in [3.05, 3.63) is 23.3 Å². The first kappa shape index (κ1) is 14.2. The van der Waals surface area contributed by atoms with Crippen LogP contribution in [0.4, 0.5) is 0 Å². The van der Waals surface area contributed by atoms with Crippen molar-refractivity contribution in [1.82, 2.24) is 0 Å². The monoisotopic (exact) mass is 265 g/mol. The van der Waals surface area contributed by atoms with Gasteiger partial charge in [0.2, 0.25) is 0 Å². The van der Waals surface area contributed by atoms with Crippen molar-refractivity contribution in [3.8, 4) is 11.5 Å². The molecule has 19 heavy (non-hydrogen) atoms. The molecule has 0 saturated heterocycles. The Balaban J connectivity index is 2.47. The Morgan fingerprint density at radius 1 is 1.11 bits per heavy atom. The molecule has 4 nitrogen and oxygen atoms in total. The smallest absolute Gasteiger partial charge is 0.166 e. The summed E-state index contributed by atoms with van der Waals surface area (Å²) in [5.74, 6) is 1.46. The highest BCUT2D eigenvalue weighted by Gasteiger charge is 2.32. The van der Waals surface area contributed by atoms with Gasteiger partial charge >= 0.3 is 0 Å². The van der Waals surface area contributed by atoms with Crippen LogP contribution in [0.3, 0.4) is 0 Å². The Bertz CT molecular complexity index is 439. The standard InChI is InChI=1S/C15H23NO3/c1-17-10-11-8-12(15(16)6-4-5-7-15)9-13(18-2)14(11)19-3/h8-9H,4-7,10,16H2,1-3H3. The molecule has 1 aromatic carbocycles. The minimum Gasteiger partial charge on any atom is -0.493 e. The third-order valence-corrected chi connectivity index (χ3v) is 3.93. The first-order valence-electron chi connectivity index (χ1n) is 6.68. The molecule has 106 valence electrons. The molecule has 1 aliphatic rings. The molecule has 0 heterocycles. The fraction of sp³-hybridized carbons (Fsp3) is 0.600. The molecular weight excluding hydrogens is 242 g/mol. The number of benzene rings is 1. The average molecular weight is 265 g/mol. The van der Waals surface area contributed by atoms with Gasteiger partial charge in [-0.25, -0.2) is 0 Å². The summed E-state index contributed by atoms with van der Waals surface area (Å²) in [4.78, 5) is 0. The molecule has 1 saturated carbocycles. The van der Waals surface area contributed by atoms with Crippen LogP contribution in [0.5, 0.6) is 11.5 Å². The fourth-order valence-electron chi connectivity index (χ4n) is 2.89. The lowest BCUT2D eigenvalue weighted by Gasteiger charge is -2.26. The second-order valence-electron chi connectivity index (χ2n) is 5.17. The number of rotatable bonds is 5. The lowest BCUT2D eigenvalue weighted by Crippen LogP contribution is -2.33. The third kappa shape index (κ3) is 2.69. The highest BCUT2D eigenvalue weighted by molar-refractivity contribution is 5.51. The van der Waals surface area contributed by atoms with Crippen LogP contribution in [0.1, 0.15) is 36.8 Å². The van der Waals surface area contributed by atoms with E-state index in [1.54, 1.807) is 21.3 Å².